The average molecular weight is 1630 g/mol. The first-order valence-electron chi connectivity index (χ1n) is 42.6. The molecule has 8 aromatic carbocycles. The van der Waals surface area contributed by atoms with Gasteiger partial charge in [0.15, 0.2) is 29.6 Å². The molecule has 118 heavy (non-hydrogen) atoms. The third-order valence-electron chi connectivity index (χ3n) is 23.5. The first-order valence-corrected chi connectivity index (χ1v) is 42.9. The zero-order valence-corrected chi connectivity index (χ0v) is 70.1. The summed E-state index contributed by atoms with van der Waals surface area (Å²) in [4.78, 5) is 11.4. The van der Waals surface area contributed by atoms with Crippen molar-refractivity contribution in [2.24, 2.45) is 5.92 Å². The van der Waals surface area contributed by atoms with Crippen LogP contribution in [0.5, 0.6) is 28.7 Å². The van der Waals surface area contributed by atoms with Crippen LogP contribution in [0.15, 0.2) is 182 Å². The van der Waals surface area contributed by atoms with E-state index in [1.165, 1.54) is 74.9 Å². The molecule has 8 atom stereocenters. The standard InChI is InChI=1S/C20H26N2O4.C20H23NO4.C20H27NO2.C19H22ClNO2.C18H27NO2/c1-24-19-9-14-7-8-22(11-15(14)10-20(19)25-2)12-17(23)13-26-18-5-3-16(21)4-6-18;22-17(12-21-10-9-15-5-1-2-6-16(15)11-21)13-24-20-14-23-18-7-3-4-8-19(18)25-20;1-2-20(11-6-3-7-12-20)23-16-19(22)15-21-13-10-17-8-4-5-9-18(17)14-21;20-18-7-5-15(6-8-18)13-23-14-19(22)12-21-10-9-16-3-1-2-4-17(16)11-21;1-14-5-4-8-18(14)21-13-17(20)12-19-10-9-15-6-2-3-7-16(15)11-19/h3-6,9-10,17,23H,7-8,11-13,21H2,1-2H3;1-8,17,20,22H,9-14H2;1,4-5,8-9,19,22H,3,6-7,10-16H2;1-8,19,22H,9-14H2;2-3,6-7,14,17-18,20H,4-5,8-13H2,1H3. The van der Waals surface area contributed by atoms with Crippen molar-refractivity contribution in [3.63, 3.8) is 0 Å². The van der Waals surface area contributed by atoms with Crippen molar-refractivity contribution in [1.82, 2.24) is 24.5 Å². The third-order valence-corrected chi connectivity index (χ3v) is 23.8. The van der Waals surface area contributed by atoms with Crippen LogP contribution in [-0.2, 0) is 90.4 Å². The van der Waals surface area contributed by atoms with Crippen LogP contribution in [0, 0.1) is 18.3 Å². The fourth-order valence-electron chi connectivity index (χ4n) is 16.9. The molecule has 0 spiro atoms. The number of nitrogens with zero attached hydrogens (tertiary/aromatic N) is 5. The number of hydrogen-bond acceptors (Lipinski definition) is 20. The monoisotopic (exact) mass is 1630 g/mol. The highest BCUT2D eigenvalue weighted by atomic mass is 35.5. The molecule has 634 valence electrons. The second kappa shape index (κ2) is 46.0. The average Bonchev–Trinajstić information content (AvgIpc) is 0.947. The number of hydrogen-bond donors (Lipinski definition) is 6. The lowest BCUT2D eigenvalue weighted by molar-refractivity contribution is -0.136. The molecule has 21 heteroatoms. The highest BCUT2D eigenvalue weighted by Crippen LogP contribution is 2.36. The molecule has 0 bridgehead atoms. The molecule has 20 nitrogen and oxygen atoms in total. The van der Waals surface area contributed by atoms with Crippen LogP contribution in [0.25, 0.3) is 0 Å². The summed E-state index contributed by atoms with van der Waals surface area (Å²) in [6, 6.07) is 60.6. The number of β-amino-alcohol motifs (C(OH)–C–C–N with tert-alkyl or cyclic N) is 5. The van der Waals surface area contributed by atoms with Crippen molar-refractivity contribution >= 4 is 17.3 Å². The van der Waals surface area contributed by atoms with Gasteiger partial charge in [0.05, 0.1) is 77.8 Å². The maximum atomic E-state index is 10.4. The van der Waals surface area contributed by atoms with E-state index >= 15 is 0 Å². The Labute approximate surface area is 704 Å². The van der Waals surface area contributed by atoms with Crippen molar-refractivity contribution in [1.29, 1.82) is 0 Å². The topological polar surface area (TPSA) is 226 Å². The summed E-state index contributed by atoms with van der Waals surface area (Å²) in [5.74, 6) is 7.11. The molecule has 2 fully saturated rings. The number of halogens is 1. The van der Waals surface area contributed by atoms with Crippen LogP contribution in [0.2, 0.25) is 5.02 Å². The highest BCUT2D eigenvalue weighted by molar-refractivity contribution is 6.30. The smallest absolute Gasteiger partial charge is 0.234 e. The summed E-state index contributed by atoms with van der Waals surface area (Å²) in [5, 5.41) is 52.1. The van der Waals surface area contributed by atoms with Crippen molar-refractivity contribution in [2.45, 2.75) is 178 Å². The first kappa shape index (κ1) is 89.1. The number of nitrogen functional groups attached to an aromatic ring is 1. The van der Waals surface area contributed by atoms with Gasteiger partial charge in [-0.25, -0.2) is 0 Å². The Morgan fingerprint density at radius 3 is 1.37 bits per heavy atom. The van der Waals surface area contributed by atoms with Crippen LogP contribution >= 0.6 is 11.6 Å². The van der Waals surface area contributed by atoms with Crippen molar-refractivity contribution in [3.8, 4) is 41.1 Å². The van der Waals surface area contributed by atoms with E-state index in [9.17, 15) is 25.5 Å². The minimum absolute atomic E-state index is 0.230. The normalized spacial score (nSPS) is 20.1. The number of aliphatic hydroxyl groups excluding tert-OH is 5. The van der Waals surface area contributed by atoms with Crippen LogP contribution < -0.4 is 29.4 Å². The largest absolute Gasteiger partial charge is 0.493 e. The SMILES string of the molecule is C#CC1(OCC(O)CN2CCc3ccccc3C2)CCCCC1.CC1CCCC1OCC(O)CN1CCc2ccccc2C1.COc1cc2c(cc1OC)CN(CC(O)COc1ccc(N)cc1)CC2.OC(COC1COc2ccccc2O1)CN1CCc2ccccc2C1.OC(COCc1ccc(Cl)cc1)CN1CCc2ccccc2C1. The molecule has 6 aliphatic heterocycles. The van der Waals surface area contributed by atoms with Crippen LogP contribution in [0.1, 0.15) is 119 Å². The second-order valence-corrected chi connectivity index (χ2v) is 33.1. The van der Waals surface area contributed by atoms with Crippen molar-refractivity contribution < 1.29 is 68.2 Å². The molecule has 2 saturated carbocycles. The molecule has 0 aromatic heterocycles. The molecule has 8 unspecified atom stereocenters. The number of nitrogens with two attached hydrogens (primary N) is 1. The lowest BCUT2D eigenvalue weighted by Gasteiger charge is -2.34. The minimum atomic E-state index is -0.561. The molecular weight excluding hydrogens is 1510 g/mol. The highest BCUT2D eigenvalue weighted by Gasteiger charge is 2.33. The number of terminal acetylenes is 1. The molecule has 6 heterocycles. The quantitative estimate of drug-likeness (QED) is 0.0198. The van der Waals surface area contributed by atoms with Gasteiger partial charge in [-0.15, -0.1) is 6.42 Å². The Balaban J connectivity index is 0.000000136. The number of para-hydroxylation sites is 2. The number of anilines is 1. The fourth-order valence-corrected chi connectivity index (χ4v) is 17.1. The number of fused-ring (bicyclic) bond motifs is 6. The van der Waals surface area contributed by atoms with Crippen molar-refractivity contribution in [2.75, 3.05) is 125 Å². The van der Waals surface area contributed by atoms with Crippen molar-refractivity contribution in [3.05, 3.63) is 248 Å². The molecule has 0 saturated heterocycles. The van der Waals surface area contributed by atoms with Gasteiger partial charge in [0.25, 0.3) is 0 Å². The molecule has 2 aliphatic carbocycles. The molecule has 0 amide bonds. The Kier molecular flexibility index (Phi) is 34.8. The number of benzene rings is 8. The van der Waals surface area contributed by atoms with E-state index in [1.54, 1.807) is 38.5 Å². The Morgan fingerprint density at radius 2 is 0.898 bits per heavy atom. The van der Waals surface area contributed by atoms with Gasteiger partial charge in [0, 0.05) is 109 Å². The third kappa shape index (κ3) is 27.7. The van der Waals surface area contributed by atoms with E-state index in [2.05, 4.69) is 134 Å². The Hall–Kier alpha value is -8.15. The van der Waals surface area contributed by atoms with Gasteiger partial charge >= 0.3 is 0 Å². The van der Waals surface area contributed by atoms with Gasteiger partial charge in [0.2, 0.25) is 6.29 Å². The lowest BCUT2D eigenvalue weighted by Crippen LogP contribution is -2.41. The van der Waals surface area contributed by atoms with Crippen LogP contribution in [0.3, 0.4) is 0 Å². The minimum Gasteiger partial charge on any atom is -0.493 e. The number of methoxy groups -OCH3 is 2. The number of aliphatic hydroxyl groups is 5. The number of rotatable bonds is 28. The molecule has 8 aromatic rings. The van der Waals surface area contributed by atoms with Gasteiger partial charge in [-0.1, -0.05) is 159 Å². The summed E-state index contributed by atoms with van der Waals surface area (Å²) in [6.07, 6.45) is 17.3. The van der Waals surface area contributed by atoms with E-state index < -0.39 is 36.3 Å². The fraction of sp³-hybridized carbons (Fsp3) is 0.485. The second-order valence-electron chi connectivity index (χ2n) is 32.7. The lowest BCUT2D eigenvalue weighted by atomic mass is 9.85. The van der Waals surface area contributed by atoms with E-state index in [0.717, 1.165) is 164 Å². The molecule has 7 N–H and O–H groups in total. The first-order chi connectivity index (χ1) is 57.5. The maximum absolute atomic E-state index is 10.4. The summed E-state index contributed by atoms with van der Waals surface area (Å²) >= 11 is 5.85. The molecule has 0 radical (unpaired) electrons. The maximum Gasteiger partial charge on any atom is 0.234 e. The summed E-state index contributed by atoms with van der Waals surface area (Å²) in [5.41, 5.74) is 20.7. The summed E-state index contributed by atoms with van der Waals surface area (Å²) in [7, 11) is 3.29. The van der Waals surface area contributed by atoms with Gasteiger partial charge in [-0.2, -0.15) is 0 Å². The number of ether oxygens (including phenoxy) is 9. The molecular formula is C97H125ClN6O14. The van der Waals surface area contributed by atoms with Gasteiger partial charge in [-0.3, -0.25) is 24.5 Å². The molecule has 16 rings (SSSR count). The van der Waals surface area contributed by atoms with E-state index in [-0.39, 0.29) is 19.3 Å². The van der Waals surface area contributed by atoms with E-state index in [4.69, 9.17) is 66.4 Å². The van der Waals surface area contributed by atoms with Crippen LogP contribution in [0.4, 0.5) is 5.69 Å². The predicted octanol–water partition coefficient (Wildman–Crippen LogP) is 12.9. The summed E-state index contributed by atoms with van der Waals surface area (Å²) < 4.78 is 51.0. The van der Waals surface area contributed by atoms with Gasteiger partial charge in [-0.05, 0) is 198 Å². The van der Waals surface area contributed by atoms with Crippen LogP contribution in [-0.4, -0.2) is 218 Å². The Morgan fingerprint density at radius 1 is 0.475 bits per heavy atom. The van der Waals surface area contributed by atoms with E-state index in [0.29, 0.717) is 88.4 Å². The summed E-state index contributed by atoms with van der Waals surface area (Å²) in [6.45, 7) is 17.2. The predicted molar refractivity (Wildman–Crippen MR) is 463 cm³/mol. The zero-order chi connectivity index (χ0) is 82.4. The van der Waals surface area contributed by atoms with Gasteiger partial charge in [0.1, 0.15) is 24.1 Å². The van der Waals surface area contributed by atoms with E-state index in [1.807, 2.05) is 60.7 Å². The van der Waals surface area contributed by atoms with Gasteiger partial charge < -0.3 is 73.9 Å². The Bertz CT molecular complexity index is 4380. The molecule has 8 aliphatic rings. The zero-order valence-electron chi connectivity index (χ0n) is 69.4.